The highest BCUT2D eigenvalue weighted by molar-refractivity contribution is 5.57. The van der Waals surface area contributed by atoms with E-state index in [1.165, 1.54) is 13.2 Å². The number of phenols is 1. The first-order valence-corrected chi connectivity index (χ1v) is 5.97. The van der Waals surface area contributed by atoms with E-state index >= 15 is 0 Å². The van der Waals surface area contributed by atoms with E-state index in [0.29, 0.717) is 19.6 Å². The molecule has 1 aliphatic heterocycles. The zero-order chi connectivity index (χ0) is 13.8. The van der Waals surface area contributed by atoms with Crippen molar-refractivity contribution in [2.24, 2.45) is 0 Å². The Hall–Kier alpha value is -1.86. The first-order chi connectivity index (χ1) is 9.11. The SMILES string of the molecule is COc1cc(CC2COCCN2)cc([N+](=O)[O-])c1O. The molecule has 1 aromatic rings. The minimum Gasteiger partial charge on any atom is -0.500 e. The molecule has 0 bridgehead atoms. The van der Waals surface area contributed by atoms with Crippen LogP contribution in [0.3, 0.4) is 0 Å². The average Bonchev–Trinajstić information content (AvgIpc) is 2.41. The molecular formula is C12H16N2O5. The summed E-state index contributed by atoms with van der Waals surface area (Å²) in [6.45, 7) is 2.01. The van der Waals surface area contributed by atoms with E-state index in [1.807, 2.05) is 0 Å². The van der Waals surface area contributed by atoms with Crippen LogP contribution in [0.15, 0.2) is 12.1 Å². The van der Waals surface area contributed by atoms with Crippen molar-refractivity contribution in [1.82, 2.24) is 5.32 Å². The zero-order valence-electron chi connectivity index (χ0n) is 10.6. The Labute approximate surface area is 110 Å². The van der Waals surface area contributed by atoms with Gasteiger partial charge in [-0.15, -0.1) is 0 Å². The summed E-state index contributed by atoms with van der Waals surface area (Å²) >= 11 is 0. The molecule has 19 heavy (non-hydrogen) atoms. The molecule has 7 nitrogen and oxygen atoms in total. The third kappa shape index (κ3) is 3.12. The van der Waals surface area contributed by atoms with Crippen molar-refractivity contribution in [3.05, 3.63) is 27.8 Å². The molecule has 104 valence electrons. The van der Waals surface area contributed by atoms with Crippen LogP contribution in [0.4, 0.5) is 5.69 Å². The largest absolute Gasteiger partial charge is 0.500 e. The second kappa shape index (κ2) is 5.85. The van der Waals surface area contributed by atoms with Gasteiger partial charge in [0.1, 0.15) is 0 Å². The van der Waals surface area contributed by atoms with Crippen LogP contribution in [0.2, 0.25) is 0 Å². The summed E-state index contributed by atoms with van der Waals surface area (Å²) in [6.07, 6.45) is 0.581. The molecule has 0 aliphatic carbocycles. The van der Waals surface area contributed by atoms with Gasteiger partial charge in [0.2, 0.25) is 5.75 Å². The van der Waals surface area contributed by atoms with E-state index in [0.717, 1.165) is 12.1 Å². The smallest absolute Gasteiger partial charge is 0.314 e. The summed E-state index contributed by atoms with van der Waals surface area (Å²) in [5, 5.41) is 23.8. The molecule has 1 atom stereocenters. The molecule has 1 fully saturated rings. The monoisotopic (exact) mass is 268 g/mol. The molecule has 0 radical (unpaired) electrons. The summed E-state index contributed by atoms with van der Waals surface area (Å²) in [6, 6.07) is 3.09. The number of ether oxygens (including phenoxy) is 2. The normalized spacial score (nSPS) is 19.1. The van der Waals surface area contributed by atoms with Crippen molar-refractivity contribution in [3.8, 4) is 11.5 Å². The van der Waals surface area contributed by atoms with Crippen molar-refractivity contribution in [2.45, 2.75) is 12.5 Å². The average molecular weight is 268 g/mol. The number of aromatic hydroxyl groups is 1. The number of benzene rings is 1. The number of nitrogens with zero attached hydrogens (tertiary/aromatic N) is 1. The fourth-order valence-corrected chi connectivity index (χ4v) is 2.10. The number of phenolic OH excluding ortho intramolecular Hbond substituents is 1. The second-order valence-corrected chi connectivity index (χ2v) is 4.35. The van der Waals surface area contributed by atoms with E-state index in [-0.39, 0.29) is 17.5 Å². The Bertz CT molecular complexity index is 471. The molecular weight excluding hydrogens is 252 g/mol. The number of nitrogens with one attached hydrogen (secondary N) is 1. The van der Waals surface area contributed by atoms with E-state index in [2.05, 4.69) is 5.32 Å². The molecule has 1 aromatic carbocycles. The van der Waals surface area contributed by atoms with Crippen LogP contribution in [0, 0.1) is 10.1 Å². The Morgan fingerprint density at radius 2 is 2.42 bits per heavy atom. The third-order valence-corrected chi connectivity index (χ3v) is 3.01. The van der Waals surface area contributed by atoms with Gasteiger partial charge in [0, 0.05) is 18.7 Å². The summed E-state index contributed by atoms with van der Waals surface area (Å²) < 4.78 is 10.3. The first kappa shape index (κ1) is 13.6. The number of nitro groups is 1. The molecule has 1 aliphatic rings. The fraction of sp³-hybridized carbons (Fsp3) is 0.500. The van der Waals surface area contributed by atoms with E-state index in [4.69, 9.17) is 9.47 Å². The van der Waals surface area contributed by atoms with Gasteiger partial charge < -0.3 is 19.9 Å². The van der Waals surface area contributed by atoms with Crippen LogP contribution >= 0.6 is 0 Å². The first-order valence-electron chi connectivity index (χ1n) is 5.97. The maximum atomic E-state index is 10.9. The minimum atomic E-state index is -0.619. The number of hydrogen-bond donors (Lipinski definition) is 2. The van der Waals surface area contributed by atoms with Crippen LogP contribution in [-0.2, 0) is 11.2 Å². The third-order valence-electron chi connectivity index (χ3n) is 3.01. The topological polar surface area (TPSA) is 93.9 Å². The second-order valence-electron chi connectivity index (χ2n) is 4.35. The predicted octanol–water partition coefficient (Wildman–Crippen LogP) is 0.840. The minimum absolute atomic E-state index is 0.112. The van der Waals surface area contributed by atoms with E-state index in [1.54, 1.807) is 6.07 Å². The van der Waals surface area contributed by atoms with Crippen LogP contribution in [0.25, 0.3) is 0 Å². The molecule has 0 amide bonds. The number of methoxy groups -OCH3 is 1. The van der Waals surface area contributed by atoms with Gasteiger partial charge in [-0.25, -0.2) is 0 Å². The molecule has 7 heteroatoms. The van der Waals surface area contributed by atoms with Gasteiger partial charge in [0.15, 0.2) is 5.75 Å². The highest BCUT2D eigenvalue weighted by Gasteiger charge is 2.22. The molecule has 1 heterocycles. The van der Waals surface area contributed by atoms with Gasteiger partial charge in [-0.3, -0.25) is 10.1 Å². The maximum absolute atomic E-state index is 10.9. The van der Waals surface area contributed by atoms with Gasteiger partial charge in [-0.2, -0.15) is 0 Å². The molecule has 0 aromatic heterocycles. The molecule has 0 spiro atoms. The number of morpholine rings is 1. The van der Waals surface area contributed by atoms with E-state index in [9.17, 15) is 15.2 Å². The molecule has 2 N–H and O–H groups in total. The summed E-state index contributed by atoms with van der Waals surface area (Å²) in [5.41, 5.74) is 0.385. The lowest BCUT2D eigenvalue weighted by Gasteiger charge is -2.23. The van der Waals surface area contributed by atoms with Crippen LogP contribution < -0.4 is 10.1 Å². The van der Waals surface area contributed by atoms with Crippen LogP contribution in [0.5, 0.6) is 11.5 Å². The molecule has 2 rings (SSSR count). The molecule has 1 saturated heterocycles. The summed E-state index contributed by atoms with van der Waals surface area (Å²) in [4.78, 5) is 10.3. The number of hydrogen-bond acceptors (Lipinski definition) is 6. The number of nitro benzene ring substituents is 1. The van der Waals surface area contributed by atoms with Crippen LogP contribution in [-0.4, -0.2) is 42.9 Å². The standard InChI is InChI=1S/C12H16N2O5/c1-18-11-6-8(4-9-7-19-3-2-13-9)5-10(12(11)15)14(16)17/h5-6,9,13,15H,2-4,7H2,1H3. The van der Waals surface area contributed by atoms with Gasteiger partial charge in [0.25, 0.3) is 0 Å². The molecule has 1 unspecified atom stereocenters. The van der Waals surface area contributed by atoms with Crippen molar-refractivity contribution in [1.29, 1.82) is 0 Å². The van der Waals surface area contributed by atoms with Gasteiger partial charge >= 0.3 is 5.69 Å². The van der Waals surface area contributed by atoms with Gasteiger partial charge in [-0.05, 0) is 18.1 Å². The highest BCUT2D eigenvalue weighted by Crippen LogP contribution is 2.37. The fourth-order valence-electron chi connectivity index (χ4n) is 2.10. The lowest BCUT2D eigenvalue weighted by atomic mass is 10.0. The van der Waals surface area contributed by atoms with Gasteiger partial charge in [-0.1, -0.05) is 0 Å². The van der Waals surface area contributed by atoms with Crippen molar-refractivity contribution in [2.75, 3.05) is 26.9 Å². The van der Waals surface area contributed by atoms with Gasteiger partial charge in [0.05, 0.1) is 25.2 Å². The Kier molecular flexibility index (Phi) is 4.18. The van der Waals surface area contributed by atoms with Crippen molar-refractivity contribution >= 4 is 5.69 Å². The predicted molar refractivity (Wildman–Crippen MR) is 67.6 cm³/mol. The quantitative estimate of drug-likeness (QED) is 0.620. The van der Waals surface area contributed by atoms with Crippen molar-refractivity contribution in [3.63, 3.8) is 0 Å². The molecule has 0 saturated carbocycles. The zero-order valence-corrected chi connectivity index (χ0v) is 10.6. The highest BCUT2D eigenvalue weighted by atomic mass is 16.6. The Balaban J connectivity index is 2.24. The van der Waals surface area contributed by atoms with Crippen LogP contribution in [0.1, 0.15) is 5.56 Å². The Morgan fingerprint density at radius 1 is 1.63 bits per heavy atom. The summed E-state index contributed by atoms with van der Waals surface area (Å²) in [7, 11) is 1.37. The van der Waals surface area contributed by atoms with Crippen molar-refractivity contribution < 1.29 is 19.5 Å². The number of rotatable bonds is 4. The summed E-state index contributed by atoms with van der Waals surface area (Å²) in [5.74, 6) is -0.329. The van der Waals surface area contributed by atoms with E-state index < -0.39 is 10.7 Å². The lowest BCUT2D eigenvalue weighted by molar-refractivity contribution is -0.386. The Morgan fingerprint density at radius 3 is 3.00 bits per heavy atom. The maximum Gasteiger partial charge on any atom is 0.314 e. The lowest BCUT2D eigenvalue weighted by Crippen LogP contribution is -2.42.